The van der Waals surface area contributed by atoms with Crippen LogP contribution in [0.15, 0.2) is 57.8 Å². The molecular weight excluding hydrogens is 356 g/mol. The van der Waals surface area contributed by atoms with Crippen LogP contribution in [-0.2, 0) is 4.79 Å². The Kier molecular flexibility index (Phi) is 4.04. The highest BCUT2D eigenvalue weighted by Crippen LogP contribution is 2.58. The van der Waals surface area contributed by atoms with E-state index in [1.807, 2.05) is 36.4 Å². The maximum Gasteiger partial charge on any atom is 0.318 e. The summed E-state index contributed by atoms with van der Waals surface area (Å²) >= 11 is 0. The van der Waals surface area contributed by atoms with E-state index >= 15 is 0 Å². The number of furan rings is 2. The first kappa shape index (κ1) is 17.2. The second-order valence-electron chi connectivity index (χ2n) is 7.63. The summed E-state index contributed by atoms with van der Waals surface area (Å²) in [5.74, 6) is 2.30. The third-order valence-corrected chi connectivity index (χ3v) is 6.15. The topological polar surface area (TPSA) is 61.8 Å². The number of methoxy groups -OCH3 is 1. The van der Waals surface area contributed by atoms with Crippen LogP contribution in [0.3, 0.4) is 0 Å². The highest BCUT2D eigenvalue weighted by Gasteiger charge is 2.54. The molecular formula is C23H22O5. The second kappa shape index (κ2) is 6.59. The SMILES string of the molecule is COc1cc(-c2ccco2)c2c(c1)C(c1ccco1)C1(CCCCC1)C(=O)O2. The van der Waals surface area contributed by atoms with E-state index in [1.165, 1.54) is 0 Å². The first-order valence-corrected chi connectivity index (χ1v) is 9.74. The van der Waals surface area contributed by atoms with Crippen LogP contribution in [0.25, 0.3) is 11.3 Å². The molecule has 3 aromatic rings. The van der Waals surface area contributed by atoms with Crippen molar-refractivity contribution in [3.8, 4) is 22.8 Å². The zero-order chi connectivity index (χ0) is 19.1. The molecule has 2 aliphatic rings. The van der Waals surface area contributed by atoms with Crippen molar-refractivity contribution >= 4 is 5.97 Å². The van der Waals surface area contributed by atoms with Crippen LogP contribution < -0.4 is 9.47 Å². The number of benzene rings is 1. The molecule has 1 aliphatic heterocycles. The largest absolute Gasteiger partial charge is 0.497 e. The van der Waals surface area contributed by atoms with Crippen molar-refractivity contribution in [1.82, 2.24) is 0 Å². The van der Waals surface area contributed by atoms with Crippen LogP contribution in [-0.4, -0.2) is 13.1 Å². The van der Waals surface area contributed by atoms with Gasteiger partial charge in [0.2, 0.25) is 0 Å². The van der Waals surface area contributed by atoms with Gasteiger partial charge >= 0.3 is 5.97 Å². The van der Waals surface area contributed by atoms with Gasteiger partial charge < -0.3 is 18.3 Å². The fourth-order valence-electron chi connectivity index (χ4n) is 4.85. The van der Waals surface area contributed by atoms with Gasteiger partial charge in [-0.3, -0.25) is 4.79 Å². The molecule has 1 unspecified atom stereocenters. The van der Waals surface area contributed by atoms with Crippen molar-refractivity contribution in [2.75, 3.05) is 7.11 Å². The fourth-order valence-corrected chi connectivity index (χ4v) is 4.85. The predicted molar refractivity (Wildman–Crippen MR) is 102 cm³/mol. The lowest BCUT2D eigenvalue weighted by Crippen LogP contribution is -2.45. The lowest BCUT2D eigenvalue weighted by Gasteiger charge is -2.44. The number of hydrogen-bond donors (Lipinski definition) is 0. The molecule has 5 heteroatoms. The molecule has 1 saturated carbocycles. The van der Waals surface area contributed by atoms with Gasteiger partial charge in [0, 0.05) is 5.56 Å². The van der Waals surface area contributed by atoms with Gasteiger partial charge in [0.15, 0.2) is 0 Å². The molecule has 1 fully saturated rings. The number of fused-ring (bicyclic) bond motifs is 1. The average molecular weight is 378 g/mol. The third kappa shape index (κ3) is 2.49. The molecule has 2 aromatic heterocycles. The van der Waals surface area contributed by atoms with Gasteiger partial charge in [0.25, 0.3) is 0 Å². The third-order valence-electron chi connectivity index (χ3n) is 6.15. The van der Waals surface area contributed by atoms with Crippen LogP contribution in [0.4, 0.5) is 0 Å². The molecule has 5 rings (SSSR count). The minimum absolute atomic E-state index is 0.168. The first-order valence-electron chi connectivity index (χ1n) is 9.74. The second-order valence-corrected chi connectivity index (χ2v) is 7.63. The summed E-state index contributed by atoms with van der Waals surface area (Å²) in [4.78, 5) is 13.4. The summed E-state index contributed by atoms with van der Waals surface area (Å²) in [6.45, 7) is 0. The minimum Gasteiger partial charge on any atom is -0.497 e. The Bertz CT molecular complexity index is 978. The van der Waals surface area contributed by atoms with Crippen molar-refractivity contribution in [3.63, 3.8) is 0 Å². The maximum absolute atomic E-state index is 13.4. The van der Waals surface area contributed by atoms with Gasteiger partial charge in [0.05, 0.1) is 36.5 Å². The summed E-state index contributed by atoms with van der Waals surface area (Å²) in [7, 11) is 1.64. The Morgan fingerprint density at radius 1 is 1.04 bits per heavy atom. The molecule has 144 valence electrons. The molecule has 0 saturated heterocycles. The Balaban J connectivity index is 1.78. The molecule has 3 heterocycles. The van der Waals surface area contributed by atoms with E-state index in [0.717, 1.165) is 49.0 Å². The van der Waals surface area contributed by atoms with Crippen LogP contribution in [0.1, 0.15) is 49.3 Å². The molecule has 1 spiro atoms. The predicted octanol–water partition coefficient (Wildman–Crippen LogP) is 5.55. The van der Waals surface area contributed by atoms with Gasteiger partial charge in [-0.15, -0.1) is 0 Å². The highest BCUT2D eigenvalue weighted by molar-refractivity contribution is 5.88. The molecule has 1 aromatic carbocycles. The van der Waals surface area contributed by atoms with E-state index in [9.17, 15) is 4.79 Å². The van der Waals surface area contributed by atoms with Gasteiger partial charge in [-0.05, 0) is 49.2 Å². The first-order chi connectivity index (χ1) is 13.7. The van der Waals surface area contributed by atoms with Gasteiger partial charge in [-0.1, -0.05) is 19.3 Å². The van der Waals surface area contributed by atoms with E-state index in [-0.39, 0.29) is 11.9 Å². The number of esters is 1. The normalized spacial score (nSPS) is 20.6. The van der Waals surface area contributed by atoms with Crippen LogP contribution in [0.5, 0.6) is 11.5 Å². The van der Waals surface area contributed by atoms with Crippen molar-refractivity contribution in [1.29, 1.82) is 0 Å². The minimum atomic E-state index is -0.601. The highest BCUT2D eigenvalue weighted by atomic mass is 16.5. The van der Waals surface area contributed by atoms with Gasteiger partial charge in [0.1, 0.15) is 23.0 Å². The van der Waals surface area contributed by atoms with Gasteiger partial charge in [-0.2, -0.15) is 0 Å². The Labute approximate surface area is 163 Å². The molecule has 0 bridgehead atoms. The average Bonchev–Trinajstić information content (AvgIpc) is 3.43. The van der Waals surface area contributed by atoms with Crippen LogP contribution in [0, 0.1) is 5.41 Å². The summed E-state index contributed by atoms with van der Waals surface area (Å²) < 4.78 is 23.0. The Morgan fingerprint density at radius 2 is 1.82 bits per heavy atom. The standard InChI is InChI=1S/C23H22O5/c1-25-15-13-16(18-7-5-11-26-18)21-17(14-15)20(19-8-6-12-27-19)23(22(24)28-21)9-3-2-4-10-23/h5-8,11-14,20H,2-4,9-10H2,1H3. The van der Waals surface area contributed by atoms with E-state index < -0.39 is 5.41 Å². The Hall–Kier alpha value is -2.95. The van der Waals surface area contributed by atoms with Crippen molar-refractivity contribution in [2.24, 2.45) is 5.41 Å². The summed E-state index contributed by atoms with van der Waals surface area (Å²) in [6.07, 6.45) is 8.03. The lowest BCUT2D eigenvalue weighted by atomic mass is 9.61. The zero-order valence-electron chi connectivity index (χ0n) is 15.8. The molecule has 5 nitrogen and oxygen atoms in total. The maximum atomic E-state index is 13.4. The fraction of sp³-hybridized carbons (Fsp3) is 0.348. The van der Waals surface area contributed by atoms with E-state index in [0.29, 0.717) is 17.3 Å². The number of carbonyl (C=O) groups is 1. The Morgan fingerprint density at radius 3 is 2.50 bits per heavy atom. The number of rotatable bonds is 3. The number of carbonyl (C=O) groups excluding carboxylic acids is 1. The molecule has 1 atom stereocenters. The van der Waals surface area contributed by atoms with Crippen molar-refractivity contribution in [3.05, 3.63) is 60.2 Å². The number of hydrogen-bond acceptors (Lipinski definition) is 5. The van der Waals surface area contributed by atoms with Crippen LogP contribution >= 0.6 is 0 Å². The molecule has 0 amide bonds. The van der Waals surface area contributed by atoms with Gasteiger partial charge in [-0.25, -0.2) is 0 Å². The molecule has 1 aliphatic carbocycles. The molecule has 28 heavy (non-hydrogen) atoms. The quantitative estimate of drug-likeness (QED) is 0.442. The van der Waals surface area contributed by atoms with E-state index in [2.05, 4.69) is 0 Å². The van der Waals surface area contributed by atoms with Crippen molar-refractivity contribution < 1.29 is 23.1 Å². The number of ether oxygens (including phenoxy) is 2. The zero-order valence-corrected chi connectivity index (χ0v) is 15.8. The van der Waals surface area contributed by atoms with Crippen molar-refractivity contribution in [2.45, 2.75) is 38.0 Å². The molecule has 0 N–H and O–H groups in total. The van der Waals surface area contributed by atoms with Crippen LogP contribution in [0.2, 0.25) is 0 Å². The van der Waals surface area contributed by atoms with E-state index in [1.54, 1.807) is 19.6 Å². The summed E-state index contributed by atoms with van der Waals surface area (Å²) in [6, 6.07) is 11.3. The summed E-state index contributed by atoms with van der Waals surface area (Å²) in [5.41, 5.74) is 1.03. The van der Waals surface area contributed by atoms with E-state index in [4.69, 9.17) is 18.3 Å². The summed E-state index contributed by atoms with van der Waals surface area (Å²) in [5, 5.41) is 0. The molecule has 0 radical (unpaired) electrons. The lowest BCUT2D eigenvalue weighted by molar-refractivity contribution is -0.151. The monoisotopic (exact) mass is 378 g/mol. The smallest absolute Gasteiger partial charge is 0.318 e.